The van der Waals surface area contributed by atoms with Crippen molar-refractivity contribution in [3.05, 3.63) is 54.1 Å². The lowest BCUT2D eigenvalue weighted by atomic mass is 9.91. The molecule has 3 rings (SSSR count). The zero-order valence-electron chi connectivity index (χ0n) is 14.4. The second-order valence-electron chi connectivity index (χ2n) is 6.78. The Morgan fingerprint density at radius 2 is 1.83 bits per heavy atom. The molecule has 0 radical (unpaired) electrons. The van der Waals surface area contributed by atoms with Gasteiger partial charge in [-0.1, -0.05) is 37.3 Å². The Bertz CT molecular complexity index is 597. The minimum Gasteiger partial charge on any atom is -0.334 e. The van der Waals surface area contributed by atoms with Crippen LogP contribution in [-0.2, 0) is 6.54 Å². The van der Waals surface area contributed by atoms with Crippen LogP contribution >= 0.6 is 0 Å². The van der Waals surface area contributed by atoms with E-state index in [1.54, 1.807) is 0 Å². The minimum atomic E-state index is 0.332. The van der Waals surface area contributed by atoms with Gasteiger partial charge in [0.15, 0.2) is 0 Å². The molecule has 2 N–H and O–H groups in total. The Kier molecular flexibility index (Phi) is 5.13. The predicted octanol–water partition coefficient (Wildman–Crippen LogP) is 3.32. The molecule has 0 spiro atoms. The van der Waals surface area contributed by atoms with Crippen LogP contribution in [0.15, 0.2) is 42.7 Å². The average Bonchev–Trinajstić information content (AvgIpc) is 3.16. The van der Waals surface area contributed by atoms with Gasteiger partial charge in [-0.2, -0.15) is 0 Å². The number of nitrogens with one attached hydrogen (secondary N) is 2. The molecule has 0 bridgehead atoms. The van der Waals surface area contributed by atoms with E-state index in [2.05, 4.69) is 77.7 Å². The average molecular weight is 312 g/mol. The van der Waals surface area contributed by atoms with E-state index in [1.807, 2.05) is 6.20 Å². The molecule has 1 aromatic carbocycles. The van der Waals surface area contributed by atoms with Crippen LogP contribution in [0.5, 0.6) is 0 Å². The van der Waals surface area contributed by atoms with Crippen LogP contribution in [0.2, 0.25) is 0 Å². The molecule has 1 aromatic heterocycles. The standard InChI is InChI=1S/C19H28N4/c1-14(17-8-5-4-6-9-17)19-20-11-13-23(19)12-7-10-18-15(2)21-22-16(18)3/h4-6,8-9,11,13-16,18,21-22H,7,10,12H2,1-3H3. The molecular formula is C19H28N4. The Hall–Kier alpha value is -1.65. The third kappa shape index (κ3) is 3.65. The molecule has 2 aromatic rings. The number of rotatable bonds is 6. The highest BCUT2D eigenvalue weighted by atomic mass is 15.4. The van der Waals surface area contributed by atoms with E-state index in [4.69, 9.17) is 0 Å². The molecule has 0 saturated carbocycles. The summed E-state index contributed by atoms with van der Waals surface area (Å²) in [7, 11) is 0. The first kappa shape index (κ1) is 16.2. The molecule has 4 heteroatoms. The Morgan fingerprint density at radius 3 is 2.52 bits per heavy atom. The fourth-order valence-electron chi connectivity index (χ4n) is 3.69. The van der Waals surface area contributed by atoms with Crippen LogP contribution in [-0.4, -0.2) is 21.6 Å². The van der Waals surface area contributed by atoms with Gasteiger partial charge in [-0.25, -0.2) is 4.98 Å². The first-order valence-electron chi connectivity index (χ1n) is 8.74. The smallest absolute Gasteiger partial charge is 0.115 e. The first-order valence-corrected chi connectivity index (χ1v) is 8.74. The Balaban J connectivity index is 1.60. The molecule has 4 nitrogen and oxygen atoms in total. The molecule has 0 aliphatic carbocycles. The molecule has 2 heterocycles. The monoisotopic (exact) mass is 312 g/mol. The molecule has 124 valence electrons. The van der Waals surface area contributed by atoms with Crippen LogP contribution < -0.4 is 10.9 Å². The van der Waals surface area contributed by atoms with E-state index < -0.39 is 0 Å². The van der Waals surface area contributed by atoms with E-state index in [-0.39, 0.29) is 0 Å². The van der Waals surface area contributed by atoms with E-state index in [0.717, 1.165) is 6.54 Å². The van der Waals surface area contributed by atoms with Crippen molar-refractivity contribution in [2.24, 2.45) is 5.92 Å². The summed E-state index contributed by atoms with van der Waals surface area (Å²) in [5.41, 5.74) is 8.02. The van der Waals surface area contributed by atoms with Crippen molar-refractivity contribution in [2.45, 2.75) is 58.2 Å². The van der Waals surface area contributed by atoms with Crippen molar-refractivity contribution >= 4 is 0 Å². The van der Waals surface area contributed by atoms with Crippen molar-refractivity contribution in [3.8, 4) is 0 Å². The quantitative estimate of drug-likeness (QED) is 0.860. The largest absolute Gasteiger partial charge is 0.334 e. The second-order valence-corrected chi connectivity index (χ2v) is 6.78. The van der Waals surface area contributed by atoms with Crippen molar-refractivity contribution in [3.63, 3.8) is 0 Å². The number of imidazole rings is 1. The fraction of sp³-hybridized carbons (Fsp3) is 0.526. The van der Waals surface area contributed by atoms with Gasteiger partial charge in [-0.15, -0.1) is 0 Å². The van der Waals surface area contributed by atoms with Crippen LogP contribution in [0.4, 0.5) is 0 Å². The lowest BCUT2D eigenvalue weighted by Gasteiger charge is -2.19. The number of hydrogen-bond acceptors (Lipinski definition) is 3. The molecule has 1 aliphatic heterocycles. The van der Waals surface area contributed by atoms with Gasteiger partial charge in [-0.05, 0) is 38.2 Å². The molecular weight excluding hydrogens is 284 g/mol. The van der Waals surface area contributed by atoms with Crippen LogP contribution in [0.25, 0.3) is 0 Å². The molecule has 1 saturated heterocycles. The number of aromatic nitrogens is 2. The maximum Gasteiger partial charge on any atom is 0.115 e. The summed E-state index contributed by atoms with van der Waals surface area (Å²) in [5.74, 6) is 2.20. The number of hydrazine groups is 1. The van der Waals surface area contributed by atoms with E-state index in [9.17, 15) is 0 Å². The normalized spacial score (nSPS) is 25.6. The molecule has 1 aliphatic rings. The van der Waals surface area contributed by atoms with Crippen molar-refractivity contribution in [1.29, 1.82) is 0 Å². The van der Waals surface area contributed by atoms with Gasteiger partial charge in [0.25, 0.3) is 0 Å². The molecule has 23 heavy (non-hydrogen) atoms. The van der Waals surface area contributed by atoms with E-state index >= 15 is 0 Å². The van der Waals surface area contributed by atoms with Gasteiger partial charge in [-0.3, -0.25) is 10.9 Å². The molecule has 1 fully saturated rings. The SMILES string of the molecule is CC(c1ccccc1)c1nccn1CCCC1C(C)NNC1C. The zero-order valence-corrected chi connectivity index (χ0v) is 14.4. The zero-order chi connectivity index (χ0) is 16.2. The summed E-state index contributed by atoms with van der Waals surface area (Å²) in [6.45, 7) is 7.81. The summed E-state index contributed by atoms with van der Waals surface area (Å²) in [5, 5.41) is 0. The van der Waals surface area contributed by atoms with Crippen LogP contribution in [0.1, 0.15) is 50.9 Å². The highest BCUT2D eigenvalue weighted by Crippen LogP contribution is 2.24. The highest BCUT2D eigenvalue weighted by Gasteiger charge is 2.28. The number of hydrogen-bond donors (Lipinski definition) is 2. The topological polar surface area (TPSA) is 41.9 Å². The maximum atomic E-state index is 4.61. The van der Waals surface area contributed by atoms with Crippen molar-refractivity contribution in [1.82, 2.24) is 20.4 Å². The van der Waals surface area contributed by atoms with Gasteiger partial charge in [0.05, 0.1) is 0 Å². The summed E-state index contributed by atoms with van der Waals surface area (Å²) in [6, 6.07) is 11.7. The van der Waals surface area contributed by atoms with E-state index in [0.29, 0.717) is 23.9 Å². The Labute approximate surface area is 139 Å². The Morgan fingerprint density at radius 1 is 1.13 bits per heavy atom. The van der Waals surface area contributed by atoms with Gasteiger partial charge >= 0.3 is 0 Å². The number of aryl methyl sites for hydroxylation is 1. The van der Waals surface area contributed by atoms with Crippen LogP contribution in [0.3, 0.4) is 0 Å². The third-order valence-electron chi connectivity index (χ3n) is 5.19. The fourth-order valence-corrected chi connectivity index (χ4v) is 3.69. The number of nitrogens with zero attached hydrogens (tertiary/aromatic N) is 2. The van der Waals surface area contributed by atoms with Gasteiger partial charge in [0, 0.05) is 36.9 Å². The maximum absolute atomic E-state index is 4.61. The van der Waals surface area contributed by atoms with Gasteiger partial charge < -0.3 is 4.57 Å². The summed E-state index contributed by atoms with van der Waals surface area (Å²) >= 11 is 0. The van der Waals surface area contributed by atoms with Gasteiger partial charge in [0.1, 0.15) is 5.82 Å². The summed E-state index contributed by atoms with van der Waals surface area (Å²) < 4.78 is 2.32. The minimum absolute atomic E-state index is 0.332. The highest BCUT2D eigenvalue weighted by molar-refractivity contribution is 5.24. The molecule has 3 atom stereocenters. The molecule has 3 unspecified atom stereocenters. The lowest BCUT2D eigenvalue weighted by molar-refractivity contribution is 0.387. The van der Waals surface area contributed by atoms with Crippen molar-refractivity contribution in [2.75, 3.05) is 0 Å². The third-order valence-corrected chi connectivity index (χ3v) is 5.19. The predicted molar refractivity (Wildman–Crippen MR) is 94.1 cm³/mol. The lowest BCUT2D eigenvalue weighted by Crippen LogP contribution is -2.30. The van der Waals surface area contributed by atoms with Crippen LogP contribution in [0, 0.1) is 5.92 Å². The van der Waals surface area contributed by atoms with E-state index in [1.165, 1.54) is 24.2 Å². The first-order chi connectivity index (χ1) is 11.2. The van der Waals surface area contributed by atoms with Gasteiger partial charge in [0.2, 0.25) is 0 Å². The van der Waals surface area contributed by atoms with Crippen molar-refractivity contribution < 1.29 is 0 Å². The number of benzene rings is 1. The summed E-state index contributed by atoms with van der Waals surface area (Å²) in [6.07, 6.45) is 6.47. The molecule has 0 amide bonds. The summed E-state index contributed by atoms with van der Waals surface area (Å²) in [4.78, 5) is 4.61. The second kappa shape index (κ2) is 7.28.